The van der Waals surface area contributed by atoms with E-state index in [2.05, 4.69) is 32.7 Å². The average molecular weight is 1630 g/mol. The maximum Gasteiger partial charge on any atom is 0.409 e. The number of benzene rings is 5. The zero-order valence-corrected chi connectivity index (χ0v) is 68.4. The van der Waals surface area contributed by atoms with Crippen LogP contribution in [-0.2, 0) is 90.6 Å². The van der Waals surface area contributed by atoms with Crippen LogP contribution in [0, 0.1) is 0 Å². The number of nitrogens with zero attached hydrogens (tertiary/aromatic N) is 7. The van der Waals surface area contributed by atoms with Crippen molar-refractivity contribution in [3.63, 3.8) is 0 Å². The summed E-state index contributed by atoms with van der Waals surface area (Å²) in [7, 11) is 7.20. The molecule has 5 aliphatic rings. The first kappa shape index (κ1) is 85.5. The van der Waals surface area contributed by atoms with E-state index < -0.39 is 108 Å². The zero-order chi connectivity index (χ0) is 84.3. The van der Waals surface area contributed by atoms with Crippen molar-refractivity contribution in [1.29, 1.82) is 0 Å². The van der Waals surface area contributed by atoms with Crippen LogP contribution in [0.3, 0.4) is 0 Å². The fourth-order valence-corrected chi connectivity index (χ4v) is 15.2. The standard InChI is InChI=1S/C86H102N10O22/c1-51(97)112-72-73(113-52(2)98)75(114-53(3)99)78(116-74(72)77(102)108-12)115-68-31-26-54(44-67(68)88-70(100)32-37-87-80(103)109-49-65-61-24-18-16-22-59(61)60-23-17-19-25-62(60)65)48-110-82(105)92(8)42-43-93(9)83(106)111-50-86(117-58-28-29-58,56-20-14-13-15-21-56)76-63-45-55(64-47-94(10)71(101)46-69(64)107-11)27-30-66(63)89-79(90-76)96-38-33-57(34-39-96)95-40-35-85(7,36-41-95)91-81(104)118-84(4,5)6/h13-27,30-31,44-47,57-58,65,72-75,78H,28-29,32-43,48-50H2,1-12H3,(H,87,103)(H,88,100)(H,91,104)/t72-,73-,74?,75+,78+,86?/m0/s1. The van der Waals surface area contributed by atoms with Gasteiger partial charge < -0.3 is 97.0 Å². The topological polar surface area (TPSA) is 361 Å². The molecular formula is C86H102N10O22. The lowest BCUT2D eigenvalue weighted by molar-refractivity contribution is -0.282. The number of aryl methyl sites for hydroxylation is 1. The van der Waals surface area contributed by atoms with Crippen LogP contribution in [0.1, 0.15) is 127 Å². The summed E-state index contributed by atoms with van der Waals surface area (Å²) >= 11 is 0. The molecule has 628 valence electrons. The van der Waals surface area contributed by atoms with Crippen molar-refractivity contribution in [2.45, 2.75) is 166 Å². The van der Waals surface area contributed by atoms with Crippen LogP contribution in [0.5, 0.6) is 11.5 Å². The van der Waals surface area contributed by atoms with E-state index in [4.69, 9.17) is 66.8 Å². The number of aromatic nitrogens is 3. The van der Waals surface area contributed by atoms with Crippen molar-refractivity contribution in [3.05, 3.63) is 166 Å². The van der Waals surface area contributed by atoms with E-state index in [1.807, 2.05) is 118 Å². The second-order valence-electron chi connectivity index (χ2n) is 31.4. The van der Waals surface area contributed by atoms with E-state index in [-0.39, 0.29) is 79.9 Å². The molecule has 5 heterocycles. The molecular weight excluding hydrogens is 1520 g/mol. The third-order valence-corrected chi connectivity index (χ3v) is 21.4. The van der Waals surface area contributed by atoms with Gasteiger partial charge in [0.05, 0.1) is 37.2 Å². The molecule has 0 radical (unpaired) electrons. The van der Waals surface area contributed by atoms with E-state index in [1.54, 1.807) is 13.2 Å². The van der Waals surface area contributed by atoms with Crippen molar-refractivity contribution in [1.82, 2.24) is 39.9 Å². The summed E-state index contributed by atoms with van der Waals surface area (Å²) in [4.78, 5) is 151. The number of alkyl carbamates (subject to hydrolysis) is 2. The van der Waals surface area contributed by atoms with Crippen molar-refractivity contribution < 1.29 is 100.0 Å². The molecule has 32 heteroatoms. The Labute approximate surface area is 683 Å². The highest BCUT2D eigenvalue weighted by Gasteiger charge is 2.56. The summed E-state index contributed by atoms with van der Waals surface area (Å²) in [6, 6.07) is 36.9. The number of hydrogen-bond acceptors (Lipinski definition) is 26. The Kier molecular flexibility index (Phi) is 26.9. The van der Waals surface area contributed by atoms with Gasteiger partial charge >= 0.3 is 48.3 Å². The van der Waals surface area contributed by atoms with Crippen LogP contribution in [0.25, 0.3) is 33.2 Å². The SMILES string of the molecule is COC(=O)C1O[C@@H](Oc2ccc(COC(=O)N(C)CCN(C)C(=O)OCC(OC3CC3)(c3ccccc3)c3nc(N4CCC(N5CCC(C)(NC(=O)OC(C)(C)C)CC5)CC4)nc4ccc(-c5cn(C)c(=O)cc5OC)cc34)cc2NC(=O)CCNC(=O)OCC2c3ccccc3-c3ccccc32)[C@H](OC(C)=O)[C@@H](OC(C)=O)[C@@H]1OC(C)=O. The van der Waals surface area contributed by atoms with Crippen LogP contribution in [0.15, 0.2) is 132 Å². The largest absolute Gasteiger partial charge is 0.496 e. The molecule has 6 atom stereocenters. The highest BCUT2D eigenvalue weighted by molar-refractivity contribution is 5.93. The van der Waals surface area contributed by atoms with Crippen LogP contribution in [0.4, 0.5) is 30.8 Å². The number of fused-ring (bicyclic) bond motifs is 4. The Balaban J connectivity index is 0.750. The average Bonchev–Trinajstić information content (AvgIpc) is 1.22. The normalized spacial score (nSPS) is 19.0. The van der Waals surface area contributed by atoms with Gasteiger partial charge in [0.1, 0.15) is 36.9 Å². The number of rotatable bonds is 28. The number of ether oxygens (including phenoxy) is 12. The Morgan fingerprint density at radius 3 is 1.92 bits per heavy atom. The lowest BCUT2D eigenvalue weighted by Crippen LogP contribution is -2.64. The van der Waals surface area contributed by atoms with E-state index in [0.717, 1.165) is 102 Å². The van der Waals surface area contributed by atoms with Crippen LogP contribution in [-0.4, -0.2) is 225 Å². The summed E-state index contributed by atoms with van der Waals surface area (Å²) in [6.07, 6.45) is -5.90. The maximum atomic E-state index is 14.7. The number of methoxy groups -OCH3 is 2. The highest BCUT2D eigenvalue weighted by Crippen LogP contribution is 2.47. The number of amides is 5. The number of carbonyl (C=O) groups excluding carboxylic acids is 9. The van der Waals surface area contributed by atoms with Gasteiger partial charge in [0.25, 0.3) is 5.56 Å². The molecule has 4 fully saturated rings. The summed E-state index contributed by atoms with van der Waals surface area (Å²) in [6.45, 7) is 12.5. The minimum atomic E-state index is -1.85. The predicted octanol–water partition coefficient (Wildman–Crippen LogP) is 10.1. The number of pyridine rings is 1. The molecule has 0 bridgehead atoms. The Hall–Kier alpha value is -11.9. The minimum Gasteiger partial charge on any atom is -0.496 e. The predicted molar refractivity (Wildman–Crippen MR) is 429 cm³/mol. The zero-order valence-electron chi connectivity index (χ0n) is 68.4. The van der Waals surface area contributed by atoms with Crippen molar-refractivity contribution in [2.75, 3.05) is 97.6 Å². The number of hydrogen-bond donors (Lipinski definition) is 3. The molecule has 32 nitrogen and oxygen atoms in total. The molecule has 2 unspecified atom stereocenters. The monoisotopic (exact) mass is 1630 g/mol. The summed E-state index contributed by atoms with van der Waals surface area (Å²) in [5.74, 6) is -4.15. The second-order valence-corrected chi connectivity index (χ2v) is 31.4. The third kappa shape index (κ3) is 20.7. The lowest BCUT2D eigenvalue weighted by atomic mass is 9.87. The fraction of sp³-hybridized carbons (Fsp3) is 0.465. The molecule has 3 aliphatic heterocycles. The van der Waals surface area contributed by atoms with Crippen LogP contribution in [0.2, 0.25) is 0 Å². The van der Waals surface area contributed by atoms with E-state index in [1.165, 1.54) is 59.8 Å². The Morgan fingerprint density at radius 1 is 0.669 bits per heavy atom. The maximum absolute atomic E-state index is 14.7. The molecule has 12 rings (SSSR count). The first-order valence-electron chi connectivity index (χ1n) is 39.4. The van der Waals surface area contributed by atoms with Gasteiger partial charge in [-0.25, -0.2) is 33.9 Å². The van der Waals surface area contributed by atoms with Gasteiger partial charge in [0.15, 0.2) is 23.9 Å². The van der Waals surface area contributed by atoms with Gasteiger partial charge in [-0.3, -0.25) is 24.0 Å². The molecule has 0 spiro atoms. The van der Waals surface area contributed by atoms with Crippen molar-refractivity contribution in [3.8, 4) is 33.8 Å². The molecule has 7 aromatic rings. The van der Waals surface area contributed by atoms with Gasteiger partial charge in [-0.05, 0) is 129 Å². The number of likely N-dealkylation sites (tertiary alicyclic amines) is 1. The van der Waals surface area contributed by atoms with Crippen molar-refractivity contribution in [2.24, 2.45) is 7.05 Å². The lowest BCUT2D eigenvalue weighted by Gasteiger charge is -2.45. The smallest absolute Gasteiger partial charge is 0.409 e. The number of carbonyl (C=O) groups is 9. The van der Waals surface area contributed by atoms with Gasteiger partial charge in [-0.2, -0.15) is 0 Å². The van der Waals surface area contributed by atoms with E-state index in [9.17, 15) is 47.9 Å². The molecule has 5 amide bonds. The van der Waals surface area contributed by atoms with Crippen LogP contribution < -0.4 is 35.9 Å². The fourth-order valence-electron chi connectivity index (χ4n) is 15.2. The molecule has 5 aromatic carbocycles. The third-order valence-electron chi connectivity index (χ3n) is 21.4. The number of esters is 4. The Morgan fingerprint density at radius 2 is 1.30 bits per heavy atom. The van der Waals surface area contributed by atoms with Gasteiger partial charge in [0, 0.05) is 135 Å². The highest BCUT2D eigenvalue weighted by atomic mass is 16.7. The molecule has 2 aliphatic carbocycles. The quantitative estimate of drug-likeness (QED) is 0.0303. The summed E-state index contributed by atoms with van der Waals surface area (Å²) in [5, 5.41) is 9.09. The van der Waals surface area contributed by atoms with Gasteiger partial charge in [-0.1, -0.05) is 91.0 Å². The number of anilines is 2. The van der Waals surface area contributed by atoms with E-state index >= 15 is 0 Å². The second kappa shape index (κ2) is 37.1. The van der Waals surface area contributed by atoms with Crippen LogP contribution >= 0.6 is 0 Å². The molecule has 118 heavy (non-hydrogen) atoms. The summed E-state index contributed by atoms with van der Waals surface area (Å²) < 4.78 is 72.0. The van der Waals surface area contributed by atoms with Gasteiger partial charge in [-0.15, -0.1) is 0 Å². The molecule has 2 aromatic heterocycles. The summed E-state index contributed by atoms with van der Waals surface area (Å²) in [5.41, 5.74) is 4.43. The Bertz CT molecular complexity index is 4880. The molecule has 3 N–H and O–H groups in total. The van der Waals surface area contributed by atoms with Gasteiger partial charge in [0.2, 0.25) is 24.2 Å². The number of piperidine rings is 2. The molecule has 3 saturated heterocycles. The number of nitrogens with one attached hydrogen (secondary N) is 3. The van der Waals surface area contributed by atoms with E-state index in [0.29, 0.717) is 58.1 Å². The minimum absolute atomic E-state index is 0.0191. The first-order chi connectivity index (χ1) is 56.4. The number of likely N-dealkylation sites (N-methyl/N-ethyl adjacent to an activating group) is 2. The van der Waals surface area contributed by atoms with Crippen molar-refractivity contribution >= 4 is 76.7 Å². The first-order valence-corrected chi connectivity index (χ1v) is 39.4. The molecule has 1 saturated carbocycles.